The lowest BCUT2D eigenvalue weighted by atomic mass is 10.0. The van der Waals surface area contributed by atoms with Crippen molar-refractivity contribution >= 4 is 17.5 Å². The van der Waals surface area contributed by atoms with Crippen molar-refractivity contribution in [2.45, 2.75) is 34.1 Å². The SMILES string of the molecule is Cc1ccc(C)c(C(=O)CSCCC(C)C)c1. The van der Waals surface area contributed by atoms with Gasteiger partial charge in [0.05, 0.1) is 5.75 Å². The molecule has 1 rings (SSSR count). The van der Waals surface area contributed by atoms with Gasteiger partial charge in [-0.3, -0.25) is 4.79 Å². The first-order chi connectivity index (χ1) is 8.00. The Kier molecular flexibility index (Phi) is 5.76. The van der Waals surface area contributed by atoms with E-state index in [4.69, 9.17) is 0 Å². The number of ketones is 1. The number of hydrogen-bond donors (Lipinski definition) is 0. The van der Waals surface area contributed by atoms with Crippen LogP contribution in [0.1, 0.15) is 41.8 Å². The maximum atomic E-state index is 12.0. The zero-order valence-electron chi connectivity index (χ0n) is 11.2. The number of carbonyl (C=O) groups is 1. The van der Waals surface area contributed by atoms with Crippen LogP contribution in [0.5, 0.6) is 0 Å². The number of carbonyl (C=O) groups excluding carboxylic acids is 1. The van der Waals surface area contributed by atoms with Crippen molar-refractivity contribution in [3.8, 4) is 0 Å². The summed E-state index contributed by atoms with van der Waals surface area (Å²) in [6.07, 6.45) is 1.19. The molecule has 1 aromatic rings. The fraction of sp³-hybridized carbons (Fsp3) is 0.533. The van der Waals surface area contributed by atoms with Gasteiger partial charge in [-0.1, -0.05) is 31.5 Å². The molecule has 0 unspecified atom stereocenters. The first-order valence-electron chi connectivity index (χ1n) is 6.19. The van der Waals surface area contributed by atoms with Crippen molar-refractivity contribution in [2.75, 3.05) is 11.5 Å². The van der Waals surface area contributed by atoms with Crippen molar-refractivity contribution in [2.24, 2.45) is 5.92 Å². The number of aryl methyl sites for hydroxylation is 2. The summed E-state index contributed by atoms with van der Waals surface area (Å²) in [4.78, 5) is 12.0. The van der Waals surface area contributed by atoms with Gasteiger partial charge in [0.25, 0.3) is 0 Å². The molecule has 0 bridgehead atoms. The lowest BCUT2D eigenvalue weighted by molar-refractivity contribution is 0.102. The normalized spacial score (nSPS) is 10.9. The lowest BCUT2D eigenvalue weighted by Crippen LogP contribution is -2.06. The largest absolute Gasteiger partial charge is 0.293 e. The van der Waals surface area contributed by atoms with E-state index < -0.39 is 0 Å². The monoisotopic (exact) mass is 250 g/mol. The molecule has 0 aromatic heterocycles. The van der Waals surface area contributed by atoms with Gasteiger partial charge < -0.3 is 0 Å². The van der Waals surface area contributed by atoms with Crippen molar-refractivity contribution in [3.63, 3.8) is 0 Å². The Morgan fingerprint density at radius 1 is 1.29 bits per heavy atom. The van der Waals surface area contributed by atoms with Crippen LogP contribution in [-0.2, 0) is 0 Å². The maximum absolute atomic E-state index is 12.0. The van der Waals surface area contributed by atoms with Crippen molar-refractivity contribution in [3.05, 3.63) is 34.9 Å². The molecule has 1 nitrogen and oxygen atoms in total. The van der Waals surface area contributed by atoms with Gasteiger partial charge in [-0.2, -0.15) is 11.8 Å². The molecule has 0 aliphatic carbocycles. The van der Waals surface area contributed by atoms with Gasteiger partial charge in [-0.05, 0) is 43.6 Å². The van der Waals surface area contributed by atoms with Crippen molar-refractivity contribution < 1.29 is 4.79 Å². The Bertz CT molecular complexity index is 383. The molecule has 0 heterocycles. The molecule has 94 valence electrons. The zero-order valence-corrected chi connectivity index (χ0v) is 12.1. The molecular weight excluding hydrogens is 228 g/mol. The average Bonchev–Trinajstić information content (AvgIpc) is 2.27. The van der Waals surface area contributed by atoms with Gasteiger partial charge in [-0.15, -0.1) is 0 Å². The number of hydrogen-bond acceptors (Lipinski definition) is 2. The van der Waals surface area contributed by atoms with E-state index in [2.05, 4.69) is 19.9 Å². The quantitative estimate of drug-likeness (QED) is 0.554. The van der Waals surface area contributed by atoms with Gasteiger partial charge in [0.1, 0.15) is 0 Å². The number of Topliss-reactive ketones (excluding diaryl/α,β-unsaturated/α-hetero) is 1. The van der Waals surface area contributed by atoms with Crippen LogP contribution in [0.4, 0.5) is 0 Å². The lowest BCUT2D eigenvalue weighted by Gasteiger charge is -2.07. The smallest absolute Gasteiger partial charge is 0.172 e. The molecule has 0 fully saturated rings. The highest BCUT2D eigenvalue weighted by atomic mass is 32.2. The van der Waals surface area contributed by atoms with E-state index in [1.54, 1.807) is 11.8 Å². The minimum absolute atomic E-state index is 0.264. The molecule has 0 N–H and O–H groups in total. The Hall–Kier alpha value is -0.760. The maximum Gasteiger partial charge on any atom is 0.172 e. The van der Waals surface area contributed by atoms with E-state index in [1.807, 2.05) is 26.0 Å². The highest BCUT2D eigenvalue weighted by Crippen LogP contribution is 2.15. The van der Waals surface area contributed by atoms with Crippen LogP contribution >= 0.6 is 11.8 Å². The molecule has 0 atom stereocenters. The van der Waals surface area contributed by atoms with Crippen molar-refractivity contribution in [1.82, 2.24) is 0 Å². The highest BCUT2D eigenvalue weighted by molar-refractivity contribution is 7.99. The van der Waals surface area contributed by atoms with E-state index in [9.17, 15) is 4.79 Å². The fourth-order valence-corrected chi connectivity index (χ4v) is 2.72. The van der Waals surface area contributed by atoms with Gasteiger partial charge >= 0.3 is 0 Å². The summed E-state index contributed by atoms with van der Waals surface area (Å²) in [5.41, 5.74) is 3.14. The van der Waals surface area contributed by atoms with Crippen molar-refractivity contribution in [1.29, 1.82) is 0 Å². The van der Waals surface area contributed by atoms with Crippen LogP contribution in [0.3, 0.4) is 0 Å². The number of benzene rings is 1. The summed E-state index contributed by atoms with van der Waals surface area (Å²) in [6.45, 7) is 8.47. The molecule has 0 aliphatic heterocycles. The van der Waals surface area contributed by atoms with Crippen LogP contribution < -0.4 is 0 Å². The molecule has 1 aromatic carbocycles. The molecular formula is C15H22OS. The van der Waals surface area contributed by atoms with Crippen LogP contribution in [0.25, 0.3) is 0 Å². The van der Waals surface area contributed by atoms with E-state index in [0.29, 0.717) is 5.75 Å². The first-order valence-corrected chi connectivity index (χ1v) is 7.34. The Morgan fingerprint density at radius 3 is 2.65 bits per heavy atom. The van der Waals surface area contributed by atoms with Crippen LogP contribution in [0.15, 0.2) is 18.2 Å². The van der Waals surface area contributed by atoms with Gasteiger partial charge in [0, 0.05) is 5.56 Å². The molecule has 0 saturated carbocycles. The summed E-state index contributed by atoms with van der Waals surface area (Å²) in [5, 5.41) is 0. The van der Waals surface area contributed by atoms with E-state index in [0.717, 1.165) is 28.4 Å². The molecule has 0 amide bonds. The minimum Gasteiger partial charge on any atom is -0.293 e. The Labute approximate surface area is 109 Å². The highest BCUT2D eigenvalue weighted by Gasteiger charge is 2.09. The topological polar surface area (TPSA) is 17.1 Å². The average molecular weight is 250 g/mol. The summed E-state index contributed by atoms with van der Waals surface area (Å²) in [6, 6.07) is 6.08. The molecule has 0 aliphatic rings. The van der Waals surface area contributed by atoms with E-state index >= 15 is 0 Å². The molecule has 2 heteroatoms. The molecule has 0 saturated heterocycles. The second-order valence-electron chi connectivity index (χ2n) is 4.98. The summed E-state index contributed by atoms with van der Waals surface area (Å²) in [7, 11) is 0. The Balaban J connectivity index is 2.49. The zero-order chi connectivity index (χ0) is 12.8. The third kappa shape index (κ3) is 4.95. The number of rotatable bonds is 6. The predicted octanol–water partition coefficient (Wildman–Crippen LogP) is 4.27. The predicted molar refractivity (Wildman–Crippen MR) is 77.0 cm³/mol. The molecule has 17 heavy (non-hydrogen) atoms. The number of thioether (sulfide) groups is 1. The van der Waals surface area contributed by atoms with Crippen LogP contribution in [0.2, 0.25) is 0 Å². The van der Waals surface area contributed by atoms with Gasteiger partial charge in [0.15, 0.2) is 5.78 Å². The van der Waals surface area contributed by atoms with Gasteiger partial charge in [-0.25, -0.2) is 0 Å². The standard InChI is InChI=1S/C15H22OS/c1-11(2)7-8-17-10-15(16)14-9-12(3)5-6-13(14)4/h5-6,9,11H,7-8,10H2,1-4H3. The summed E-state index contributed by atoms with van der Waals surface area (Å²) >= 11 is 1.75. The third-order valence-corrected chi connectivity index (χ3v) is 3.76. The minimum atomic E-state index is 0.264. The van der Waals surface area contributed by atoms with Gasteiger partial charge in [0.2, 0.25) is 0 Å². The van der Waals surface area contributed by atoms with E-state index in [1.165, 1.54) is 6.42 Å². The second kappa shape index (κ2) is 6.85. The molecule has 0 spiro atoms. The fourth-order valence-electron chi connectivity index (χ4n) is 1.60. The summed E-state index contributed by atoms with van der Waals surface area (Å²) < 4.78 is 0. The second-order valence-corrected chi connectivity index (χ2v) is 6.08. The van der Waals surface area contributed by atoms with Crippen LogP contribution in [0, 0.1) is 19.8 Å². The Morgan fingerprint density at radius 2 is 2.00 bits per heavy atom. The first kappa shape index (κ1) is 14.3. The summed E-state index contributed by atoms with van der Waals surface area (Å²) in [5.74, 6) is 2.67. The van der Waals surface area contributed by atoms with E-state index in [-0.39, 0.29) is 5.78 Å². The molecule has 0 radical (unpaired) electrons. The van der Waals surface area contributed by atoms with Crippen LogP contribution in [-0.4, -0.2) is 17.3 Å². The third-order valence-electron chi connectivity index (χ3n) is 2.77.